The SMILES string of the molecule is COc1ccc(/C=C/C(=O)OCC(=O)c2ccc3c(c2)CCC3)cc1F. The molecular weight excluding hydrogens is 335 g/mol. The van der Waals surface area contributed by atoms with Gasteiger partial charge in [0, 0.05) is 11.6 Å². The molecule has 3 rings (SSSR count). The van der Waals surface area contributed by atoms with Crippen LogP contribution in [0.3, 0.4) is 0 Å². The molecule has 0 unspecified atom stereocenters. The van der Waals surface area contributed by atoms with Crippen LogP contribution in [0.5, 0.6) is 5.75 Å². The first-order valence-electron chi connectivity index (χ1n) is 8.40. The number of hydrogen-bond donors (Lipinski definition) is 0. The predicted octanol–water partition coefficient (Wildman–Crippen LogP) is 3.76. The minimum absolute atomic E-state index is 0.129. The van der Waals surface area contributed by atoms with Gasteiger partial charge in [-0.2, -0.15) is 0 Å². The van der Waals surface area contributed by atoms with Crippen molar-refractivity contribution in [3.05, 3.63) is 70.5 Å². The second kappa shape index (κ2) is 7.95. The van der Waals surface area contributed by atoms with Gasteiger partial charge in [0.1, 0.15) is 0 Å². The van der Waals surface area contributed by atoms with Crippen molar-refractivity contribution in [2.24, 2.45) is 0 Å². The number of benzene rings is 2. The maximum atomic E-state index is 13.6. The van der Waals surface area contributed by atoms with Crippen molar-refractivity contribution < 1.29 is 23.5 Å². The number of hydrogen-bond acceptors (Lipinski definition) is 4. The van der Waals surface area contributed by atoms with Crippen molar-refractivity contribution in [1.29, 1.82) is 0 Å². The molecule has 4 nitrogen and oxygen atoms in total. The second-order valence-electron chi connectivity index (χ2n) is 6.10. The van der Waals surface area contributed by atoms with Gasteiger partial charge < -0.3 is 9.47 Å². The van der Waals surface area contributed by atoms with Crippen LogP contribution < -0.4 is 4.74 Å². The summed E-state index contributed by atoms with van der Waals surface area (Å²) in [5.41, 5.74) is 3.53. The molecule has 0 saturated carbocycles. The molecule has 0 atom stereocenters. The van der Waals surface area contributed by atoms with E-state index in [0.29, 0.717) is 11.1 Å². The number of ether oxygens (including phenoxy) is 2. The standard InChI is InChI=1S/C21H19FO4/c1-25-20-9-5-14(11-18(20)22)6-10-21(24)26-13-19(23)17-8-7-15-3-2-4-16(15)12-17/h5-12H,2-4,13H2,1H3/b10-6+. The molecule has 134 valence electrons. The van der Waals surface area contributed by atoms with E-state index >= 15 is 0 Å². The van der Waals surface area contributed by atoms with Crippen LogP contribution in [0.25, 0.3) is 6.08 Å². The molecule has 0 heterocycles. The minimum atomic E-state index is -0.657. The number of esters is 1. The average Bonchev–Trinajstić information content (AvgIpc) is 3.12. The van der Waals surface area contributed by atoms with Gasteiger partial charge in [0.15, 0.2) is 24.0 Å². The molecule has 26 heavy (non-hydrogen) atoms. The lowest BCUT2D eigenvalue weighted by Crippen LogP contribution is -2.12. The Morgan fingerprint density at radius 1 is 1.12 bits per heavy atom. The first kappa shape index (κ1) is 17.9. The zero-order chi connectivity index (χ0) is 18.5. The first-order chi connectivity index (χ1) is 12.6. The largest absolute Gasteiger partial charge is 0.494 e. The fraction of sp³-hybridized carbons (Fsp3) is 0.238. The lowest BCUT2D eigenvalue weighted by Gasteiger charge is -2.05. The maximum absolute atomic E-state index is 13.6. The molecule has 0 aromatic heterocycles. The maximum Gasteiger partial charge on any atom is 0.331 e. The smallest absolute Gasteiger partial charge is 0.331 e. The van der Waals surface area contributed by atoms with Gasteiger partial charge in [-0.05, 0) is 60.2 Å². The van der Waals surface area contributed by atoms with E-state index in [1.807, 2.05) is 12.1 Å². The Balaban J connectivity index is 1.55. The van der Waals surface area contributed by atoms with E-state index in [1.165, 1.54) is 36.4 Å². The normalized spacial score (nSPS) is 12.8. The van der Waals surface area contributed by atoms with Crippen molar-refractivity contribution in [2.45, 2.75) is 19.3 Å². The molecule has 0 aliphatic heterocycles. The fourth-order valence-corrected chi connectivity index (χ4v) is 2.96. The Morgan fingerprint density at radius 2 is 1.92 bits per heavy atom. The minimum Gasteiger partial charge on any atom is -0.494 e. The number of Topliss-reactive ketones (excluding diaryl/α,β-unsaturated/α-hetero) is 1. The van der Waals surface area contributed by atoms with Crippen LogP contribution in [0.2, 0.25) is 0 Å². The highest BCUT2D eigenvalue weighted by Gasteiger charge is 2.14. The summed E-state index contributed by atoms with van der Waals surface area (Å²) in [6, 6.07) is 9.96. The number of aryl methyl sites for hydroxylation is 2. The molecule has 1 aliphatic rings. The van der Waals surface area contributed by atoms with Crippen LogP contribution in [0.1, 0.15) is 33.5 Å². The summed E-state index contributed by atoms with van der Waals surface area (Å²) in [6.07, 6.45) is 5.73. The Hall–Kier alpha value is -2.95. The Kier molecular flexibility index (Phi) is 5.46. The number of carbonyl (C=O) groups excluding carboxylic acids is 2. The highest BCUT2D eigenvalue weighted by molar-refractivity contribution is 5.99. The van der Waals surface area contributed by atoms with Crippen LogP contribution in [-0.4, -0.2) is 25.5 Å². The summed E-state index contributed by atoms with van der Waals surface area (Å²) >= 11 is 0. The van der Waals surface area contributed by atoms with E-state index in [0.717, 1.165) is 25.3 Å². The Labute approximate surface area is 151 Å². The van der Waals surface area contributed by atoms with Gasteiger partial charge in [-0.25, -0.2) is 9.18 Å². The molecule has 0 N–H and O–H groups in total. The zero-order valence-corrected chi connectivity index (χ0v) is 14.5. The quantitative estimate of drug-likeness (QED) is 0.450. The van der Waals surface area contributed by atoms with Crippen molar-refractivity contribution in [3.8, 4) is 5.75 Å². The summed E-state index contributed by atoms with van der Waals surface area (Å²) < 4.78 is 23.4. The van der Waals surface area contributed by atoms with E-state index in [9.17, 15) is 14.0 Å². The third-order valence-corrected chi connectivity index (χ3v) is 4.35. The number of ketones is 1. The highest BCUT2D eigenvalue weighted by atomic mass is 19.1. The van der Waals surface area contributed by atoms with Gasteiger partial charge in [0.05, 0.1) is 7.11 Å². The summed E-state index contributed by atoms with van der Waals surface area (Å²) in [7, 11) is 1.38. The lowest BCUT2D eigenvalue weighted by atomic mass is 10.0. The van der Waals surface area contributed by atoms with Gasteiger partial charge in [-0.1, -0.05) is 18.2 Å². The fourth-order valence-electron chi connectivity index (χ4n) is 2.96. The van der Waals surface area contributed by atoms with Gasteiger partial charge in [-0.3, -0.25) is 4.79 Å². The Bertz CT molecular complexity index is 870. The van der Waals surface area contributed by atoms with E-state index in [4.69, 9.17) is 9.47 Å². The van der Waals surface area contributed by atoms with E-state index in [1.54, 1.807) is 12.1 Å². The van der Waals surface area contributed by atoms with Crippen LogP contribution in [-0.2, 0) is 22.4 Å². The van der Waals surface area contributed by atoms with E-state index in [2.05, 4.69) is 0 Å². The average molecular weight is 354 g/mol. The van der Waals surface area contributed by atoms with Crippen LogP contribution in [0.15, 0.2) is 42.5 Å². The number of carbonyl (C=O) groups is 2. The molecule has 1 aliphatic carbocycles. The zero-order valence-electron chi connectivity index (χ0n) is 14.5. The molecule has 0 radical (unpaired) electrons. The topological polar surface area (TPSA) is 52.6 Å². The van der Waals surface area contributed by atoms with Crippen LogP contribution >= 0.6 is 0 Å². The monoisotopic (exact) mass is 354 g/mol. The van der Waals surface area contributed by atoms with E-state index in [-0.39, 0.29) is 18.1 Å². The van der Waals surface area contributed by atoms with Gasteiger partial charge in [-0.15, -0.1) is 0 Å². The summed E-state index contributed by atoms with van der Waals surface area (Å²) in [6.45, 7) is -0.321. The molecular formula is C21H19FO4. The number of rotatable bonds is 6. The van der Waals surface area contributed by atoms with Crippen molar-refractivity contribution >= 4 is 17.8 Å². The predicted molar refractivity (Wildman–Crippen MR) is 95.7 cm³/mol. The van der Waals surface area contributed by atoms with Gasteiger partial charge in [0.25, 0.3) is 0 Å². The van der Waals surface area contributed by atoms with Gasteiger partial charge >= 0.3 is 5.97 Å². The van der Waals surface area contributed by atoms with Crippen LogP contribution in [0.4, 0.5) is 4.39 Å². The Morgan fingerprint density at radius 3 is 2.69 bits per heavy atom. The van der Waals surface area contributed by atoms with Crippen LogP contribution in [0, 0.1) is 5.82 Å². The third-order valence-electron chi connectivity index (χ3n) is 4.35. The van der Waals surface area contributed by atoms with Crippen molar-refractivity contribution in [2.75, 3.05) is 13.7 Å². The summed E-state index contributed by atoms with van der Waals surface area (Å²) in [5, 5.41) is 0. The van der Waals surface area contributed by atoms with Crippen molar-refractivity contribution in [1.82, 2.24) is 0 Å². The summed E-state index contributed by atoms with van der Waals surface area (Å²) in [5.74, 6) is -1.29. The molecule has 5 heteroatoms. The number of methoxy groups -OCH3 is 1. The number of fused-ring (bicyclic) bond motifs is 1. The molecule has 0 saturated heterocycles. The molecule has 0 spiro atoms. The number of halogens is 1. The van der Waals surface area contributed by atoms with E-state index < -0.39 is 11.8 Å². The molecule has 0 fully saturated rings. The molecule has 0 amide bonds. The second-order valence-corrected chi connectivity index (χ2v) is 6.10. The van der Waals surface area contributed by atoms with Crippen molar-refractivity contribution in [3.63, 3.8) is 0 Å². The lowest BCUT2D eigenvalue weighted by molar-refractivity contribution is -0.136. The molecule has 2 aromatic carbocycles. The molecule has 2 aromatic rings. The third kappa shape index (κ3) is 4.17. The summed E-state index contributed by atoms with van der Waals surface area (Å²) in [4.78, 5) is 23.9. The highest BCUT2D eigenvalue weighted by Crippen LogP contribution is 2.23. The van der Waals surface area contributed by atoms with Gasteiger partial charge in [0.2, 0.25) is 0 Å². The first-order valence-corrected chi connectivity index (χ1v) is 8.40. The molecule has 0 bridgehead atoms.